The lowest BCUT2D eigenvalue weighted by atomic mass is 9.75. The molecule has 2 aliphatic heterocycles. The summed E-state index contributed by atoms with van der Waals surface area (Å²) in [4.78, 5) is 17.4. The maximum Gasteiger partial charge on any atom is 0.231 e. The minimum atomic E-state index is -0.361. The molecule has 4 rings (SSSR count). The van der Waals surface area contributed by atoms with E-state index in [2.05, 4.69) is 26.6 Å². The van der Waals surface area contributed by atoms with Crippen molar-refractivity contribution in [1.82, 2.24) is 20.5 Å². The van der Waals surface area contributed by atoms with Gasteiger partial charge in [0.1, 0.15) is 11.4 Å². The lowest BCUT2D eigenvalue weighted by molar-refractivity contribution is -0.145. The quantitative estimate of drug-likeness (QED) is 0.835. The summed E-state index contributed by atoms with van der Waals surface area (Å²) in [6.07, 6.45) is 0.725. The Morgan fingerprint density at radius 3 is 2.63 bits per heavy atom. The van der Waals surface area contributed by atoms with Crippen molar-refractivity contribution in [2.45, 2.75) is 13.3 Å². The lowest BCUT2D eigenvalue weighted by Gasteiger charge is -2.46. The van der Waals surface area contributed by atoms with Crippen LogP contribution in [0.15, 0.2) is 28.9 Å². The first-order chi connectivity index (χ1) is 13.1. The van der Waals surface area contributed by atoms with Gasteiger partial charge in [-0.3, -0.25) is 4.79 Å². The number of hydrogen-bond acceptors (Lipinski definition) is 7. The monoisotopic (exact) mass is 371 g/mol. The molecular formula is C19H25N5O3. The molecule has 2 aliphatic rings. The molecule has 0 bridgehead atoms. The molecule has 8 heteroatoms. The predicted octanol–water partition coefficient (Wildman–Crippen LogP) is 0.868. The molecule has 0 radical (unpaired) electrons. The molecule has 0 saturated carbocycles. The molecule has 2 fully saturated rings. The molecule has 144 valence electrons. The van der Waals surface area contributed by atoms with Crippen LogP contribution in [0.2, 0.25) is 0 Å². The first-order valence-electron chi connectivity index (χ1n) is 9.28. The SMILES string of the molecule is COc1cccc(CC2(C(=O)N3CCN(c4nonc4C)CC3)CNC2)c1. The van der Waals surface area contributed by atoms with Crippen LogP contribution in [-0.2, 0) is 11.2 Å². The van der Waals surface area contributed by atoms with Gasteiger partial charge >= 0.3 is 0 Å². The Hall–Kier alpha value is -2.61. The van der Waals surface area contributed by atoms with Crippen molar-refractivity contribution in [3.05, 3.63) is 35.5 Å². The van der Waals surface area contributed by atoms with E-state index in [0.717, 1.165) is 55.4 Å². The molecule has 2 saturated heterocycles. The first-order valence-corrected chi connectivity index (χ1v) is 9.28. The van der Waals surface area contributed by atoms with Crippen LogP contribution in [0, 0.1) is 12.3 Å². The second-order valence-electron chi connectivity index (χ2n) is 7.36. The van der Waals surface area contributed by atoms with Gasteiger partial charge < -0.3 is 19.9 Å². The van der Waals surface area contributed by atoms with Crippen LogP contribution in [0.1, 0.15) is 11.3 Å². The summed E-state index contributed by atoms with van der Waals surface area (Å²) in [5.74, 6) is 1.84. The van der Waals surface area contributed by atoms with Crippen LogP contribution < -0.4 is 15.0 Å². The predicted molar refractivity (Wildman–Crippen MR) is 99.8 cm³/mol. The number of anilines is 1. The number of amides is 1. The molecule has 0 aliphatic carbocycles. The molecule has 1 aromatic carbocycles. The van der Waals surface area contributed by atoms with E-state index in [-0.39, 0.29) is 11.3 Å². The second-order valence-corrected chi connectivity index (χ2v) is 7.36. The lowest BCUT2D eigenvalue weighted by Crippen LogP contribution is -2.65. The molecule has 8 nitrogen and oxygen atoms in total. The highest BCUT2D eigenvalue weighted by Gasteiger charge is 2.46. The van der Waals surface area contributed by atoms with Crippen molar-refractivity contribution in [1.29, 1.82) is 0 Å². The number of carbonyl (C=O) groups is 1. The number of aryl methyl sites for hydroxylation is 1. The zero-order valence-electron chi connectivity index (χ0n) is 15.8. The van der Waals surface area contributed by atoms with Gasteiger partial charge in [0, 0.05) is 39.3 Å². The van der Waals surface area contributed by atoms with E-state index < -0.39 is 0 Å². The summed E-state index contributed by atoms with van der Waals surface area (Å²) in [6.45, 7) is 6.17. The minimum absolute atomic E-state index is 0.235. The van der Waals surface area contributed by atoms with Crippen molar-refractivity contribution in [2.75, 3.05) is 51.3 Å². The Labute approximate surface area is 158 Å². The van der Waals surface area contributed by atoms with Crippen molar-refractivity contribution < 1.29 is 14.2 Å². The second kappa shape index (κ2) is 7.19. The molecular weight excluding hydrogens is 346 g/mol. The highest BCUT2D eigenvalue weighted by molar-refractivity contribution is 5.85. The summed E-state index contributed by atoms with van der Waals surface area (Å²) in [5.41, 5.74) is 1.56. The number of hydrogen-bond donors (Lipinski definition) is 1. The molecule has 1 aromatic heterocycles. The maximum atomic E-state index is 13.3. The number of rotatable bonds is 5. The van der Waals surface area contributed by atoms with Gasteiger partial charge in [-0.25, -0.2) is 4.63 Å². The summed E-state index contributed by atoms with van der Waals surface area (Å²) in [6, 6.07) is 7.99. The van der Waals surface area contributed by atoms with E-state index in [9.17, 15) is 4.79 Å². The fourth-order valence-electron chi connectivity index (χ4n) is 3.92. The van der Waals surface area contributed by atoms with Gasteiger partial charge in [-0.1, -0.05) is 17.3 Å². The van der Waals surface area contributed by atoms with Crippen molar-refractivity contribution >= 4 is 11.7 Å². The van der Waals surface area contributed by atoms with Crippen LogP contribution >= 0.6 is 0 Å². The fourth-order valence-corrected chi connectivity index (χ4v) is 3.92. The maximum absolute atomic E-state index is 13.3. The van der Waals surface area contributed by atoms with Gasteiger partial charge in [0.15, 0.2) is 5.82 Å². The zero-order valence-corrected chi connectivity index (χ0v) is 15.8. The molecule has 3 heterocycles. The Balaban J connectivity index is 1.42. The third kappa shape index (κ3) is 3.37. The summed E-state index contributed by atoms with van der Waals surface area (Å²) in [7, 11) is 1.66. The third-order valence-corrected chi connectivity index (χ3v) is 5.55. The number of methoxy groups -OCH3 is 1. The van der Waals surface area contributed by atoms with Crippen molar-refractivity contribution in [3.8, 4) is 5.75 Å². The molecule has 0 atom stereocenters. The zero-order chi connectivity index (χ0) is 18.9. The molecule has 1 amide bonds. The Morgan fingerprint density at radius 1 is 1.26 bits per heavy atom. The van der Waals surface area contributed by atoms with E-state index in [4.69, 9.17) is 9.37 Å². The van der Waals surface area contributed by atoms with E-state index in [1.54, 1.807) is 7.11 Å². The normalized spacial score (nSPS) is 18.9. The van der Waals surface area contributed by atoms with E-state index in [1.165, 1.54) is 0 Å². The van der Waals surface area contributed by atoms with Gasteiger partial charge in [0.25, 0.3) is 0 Å². The first kappa shape index (κ1) is 17.8. The molecule has 0 unspecified atom stereocenters. The number of aromatic nitrogens is 2. The van der Waals surface area contributed by atoms with Crippen LogP contribution in [0.25, 0.3) is 0 Å². The fraction of sp³-hybridized carbons (Fsp3) is 0.526. The Kier molecular flexibility index (Phi) is 4.73. The van der Waals surface area contributed by atoms with Gasteiger partial charge in [-0.2, -0.15) is 0 Å². The number of nitrogens with one attached hydrogen (secondary N) is 1. The Bertz CT molecular complexity index is 809. The summed E-state index contributed by atoms with van der Waals surface area (Å²) < 4.78 is 10.1. The van der Waals surface area contributed by atoms with Gasteiger partial charge in [0.2, 0.25) is 5.91 Å². The van der Waals surface area contributed by atoms with Gasteiger partial charge in [-0.15, -0.1) is 0 Å². The number of benzene rings is 1. The number of piperazine rings is 1. The number of carbonyl (C=O) groups excluding carboxylic acids is 1. The summed E-state index contributed by atoms with van der Waals surface area (Å²) >= 11 is 0. The molecule has 0 spiro atoms. The highest BCUT2D eigenvalue weighted by atomic mass is 16.6. The average Bonchev–Trinajstić information content (AvgIpc) is 3.10. The average molecular weight is 371 g/mol. The molecule has 1 N–H and O–H groups in total. The smallest absolute Gasteiger partial charge is 0.231 e. The van der Waals surface area contributed by atoms with Crippen LogP contribution in [0.4, 0.5) is 5.82 Å². The standard InChI is InChI=1S/C19H25N5O3/c1-14-17(22-27-21-14)23-6-8-24(9-7-23)18(25)19(12-20-13-19)11-15-4-3-5-16(10-15)26-2/h3-5,10,20H,6-9,11-13H2,1-2H3. The minimum Gasteiger partial charge on any atom is -0.497 e. The van der Waals surface area contributed by atoms with Crippen LogP contribution in [0.5, 0.6) is 5.75 Å². The van der Waals surface area contributed by atoms with Crippen LogP contribution in [0.3, 0.4) is 0 Å². The van der Waals surface area contributed by atoms with Crippen molar-refractivity contribution in [3.63, 3.8) is 0 Å². The van der Waals surface area contributed by atoms with Crippen molar-refractivity contribution in [2.24, 2.45) is 5.41 Å². The van der Waals surface area contributed by atoms with Gasteiger partial charge in [0.05, 0.1) is 12.5 Å². The highest BCUT2D eigenvalue weighted by Crippen LogP contribution is 2.32. The van der Waals surface area contributed by atoms with Gasteiger partial charge in [-0.05, 0) is 36.2 Å². The van der Waals surface area contributed by atoms with E-state index in [1.807, 2.05) is 30.0 Å². The topological polar surface area (TPSA) is 83.7 Å². The van der Waals surface area contributed by atoms with E-state index in [0.29, 0.717) is 13.1 Å². The largest absolute Gasteiger partial charge is 0.497 e. The van der Waals surface area contributed by atoms with Crippen LogP contribution in [-0.4, -0.2) is 67.5 Å². The van der Waals surface area contributed by atoms with E-state index >= 15 is 0 Å². The molecule has 2 aromatic rings. The number of ether oxygens (including phenoxy) is 1. The third-order valence-electron chi connectivity index (χ3n) is 5.55. The summed E-state index contributed by atoms with van der Waals surface area (Å²) in [5, 5.41) is 11.1. The molecule has 27 heavy (non-hydrogen) atoms. The Morgan fingerprint density at radius 2 is 2.04 bits per heavy atom. The number of nitrogens with zero attached hydrogens (tertiary/aromatic N) is 4.